The van der Waals surface area contributed by atoms with Crippen molar-refractivity contribution in [2.24, 2.45) is 0 Å². The van der Waals surface area contributed by atoms with Gasteiger partial charge in [0.05, 0.1) is 17.7 Å². The second-order valence-electron chi connectivity index (χ2n) is 6.60. The predicted octanol–water partition coefficient (Wildman–Crippen LogP) is 2.96. The van der Waals surface area contributed by atoms with Crippen LogP contribution in [-0.4, -0.2) is 32.0 Å². The molecule has 1 atom stereocenters. The van der Waals surface area contributed by atoms with Crippen molar-refractivity contribution in [1.29, 1.82) is 0 Å². The Balaban J connectivity index is 1.77. The molecule has 1 aliphatic carbocycles. The summed E-state index contributed by atoms with van der Waals surface area (Å²) >= 11 is 0. The van der Waals surface area contributed by atoms with Crippen molar-refractivity contribution >= 4 is 16.0 Å². The molecular weight excluding hydrogens is 397 g/mol. The van der Waals surface area contributed by atoms with Crippen LogP contribution in [0.2, 0.25) is 0 Å². The van der Waals surface area contributed by atoms with Gasteiger partial charge in [-0.15, -0.1) is 0 Å². The summed E-state index contributed by atoms with van der Waals surface area (Å²) in [4.78, 5) is 14.5. The molecule has 3 rings (SSSR count). The molecule has 1 unspecified atom stereocenters. The highest BCUT2D eigenvalue weighted by Crippen LogP contribution is 2.33. The molecule has 0 radical (unpaired) electrons. The van der Waals surface area contributed by atoms with E-state index >= 15 is 0 Å². The molecule has 0 spiro atoms. The molecule has 1 aromatic carbocycles. The number of halogens is 3. The van der Waals surface area contributed by atoms with Crippen molar-refractivity contribution in [2.45, 2.75) is 43.9 Å². The van der Waals surface area contributed by atoms with Gasteiger partial charge in [-0.3, -0.25) is 0 Å². The molecule has 1 heterocycles. The fourth-order valence-electron chi connectivity index (χ4n) is 3.25. The first-order valence-electron chi connectivity index (χ1n) is 8.59. The molecule has 2 N–H and O–H groups in total. The topological polar surface area (TPSA) is 88.3 Å². The molecule has 152 valence electrons. The molecule has 0 fully saturated rings. The Bertz CT molecular complexity index is 1010. The monoisotopic (exact) mass is 416 g/mol. The van der Waals surface area contributed by atoms with Crippen molar-refractivity contribution < 1.29 is 31.1 Å². The lowest BCUT2D eigenvalue weighted by Crippen LogP contribution is -2.35. The van der Waals surface area contributed by atoms with Gasteiger partial charge in [0.1, 0.15) is 5.03 Å². The fourth-order valence-corrected chi connectivity index (χ4v) is 4.55. The number of aromatic nitrogens is 1. The summed E-state index contributed by atoms with van der Waals surface area (Å²) in [6, 6.07) is 4.05. The normalized spacial score (nSPS) is 16.8. The van der Waals surface area contributed by atoms with Crippen LogP contribution in [0, 0.1) is 6.92 Å². The Kier molecular flexibility index (Phi) is 5.28. The average molecular weight is 416 g/mol. The van der Waals surface area contributed by atoms with Crippen LogP contribution in [-0.2, 0) is 33.8 Å². The van der Waals surface area contributed by atoms with Gasteiger partial charge >= 0.3 is 12.1 Å². The summed E-state index contributed by atoms with van der Waals surface area (Å²) < 4.78 is 71.2. The zero-order valence-electron chi connectivity index (χ0n) is 15.2. The Hall–Kier alpha value is -2.33. The van der Waals surface area contributed by atoms with Crippen LogP contribution in [0.4, 0.5) is 13.2 Å². The number of H-pyrrole nitrogens is 1. The van der Waals surface area contributed by atoms with Gasteiger partial charge in [0, 0.05) is 11.7 Å². The number of carbonyl (C=O) groups is 1. The van der Waals surface area contributed by atoms with E-state index < -0.39 is 33.8 Å². The van der Waals surface area contributed by atoms with E-state index in [9.17, 15) is 26.4 Å². The third kappa shape index (κ3) is 4.07. The number of hydrogen-bond acceptors (Lipinski definition) is 4. The summed E-state index contributed by atoms with van der Waals surface area (Å²) in [6.07, 6.45) is -4.00. The SMILES string of the molecule is CCOC(=O)c1cc(S(=O)(=O)NC2Cc3ccc(C(F)(F)F)cc3C2)[nH]c1C. The van der Waals surface area contributed by atoms with Crippen LogP contribution in [0.25, 0.3) is 0 Å². The fraction of sp³-hybridized carbons (Fsp3) is 0.389. The molecule has 0 amide bonds. The number of aromatic amines is 1. The lowest BCUT2D eigenvalue weighted by Gasteiger charge is -2.11. The average Bonchev–Trinajstić information content (AvgIpc) is 3.16. The number of nitrogens with one attached hydrogen (secondary N) is 2. The van der Waals surface area contributed by atoms with Gasteiger partial charge in [0.15, 0.2) is 0 Å². The van der Waals surface area contributed by atoms with Gasteiger partial charge < -0.3 is 9.72 Å². The molecule has 28 heavy (non-hydrogen) atoms. The van der Waals surface area contributed by atoms with Gasteiger partial charge in [0.2, 0.25) is 0 Å². The van der Waals surface area contributed by atoms with Crippen LogP contribution in [0.1, 0.15) is 39.7 Å². The molecular formula is C18H19F3N2O4S. The molecule has 6 nitrogen and oxygen atoms in total. The lowest BCUT2D eigenvalue weighted by molar-refractivity contribution is -0.137. The van der Waals surface area contributed by atoms with E-state index in [4.69, 9.17) is 4.74 Å². The number of sulfonamides is 1. The largest absolute Gasteiger partial charge is 0.462 e. The summed E-state index contributed by atoms with van der Waals surface area (Å²) in [5.41, 5.74) is 0.858. The summed E-state index contributed by atoms with van der Waals surface area (Å²) in [6.45, 7) is 3.35. The number of ether oxygens (including phenoxy) is 1. The Morgan fingerprint density at radius 1 is 1.25 bits per heavy atom. The van der Waals surface area contributed by atoms with Gasteiger partial charge in [0.25, 0.3) is 10.0 Å². The molecule has 0 aliphatic heterocycles. The number of fused-ring (bicyclic) bond motifs is 1. The van der Waals surface area contributed by atoms with Crippen molar-refractivity contribution in [1.82, 2.24) is 9.71 Å². The lowest BCUT2D eigenvalue weighted by atomic mass is 10.1. The number of benzene rings is 1. The zero-order chi connectivity index (χ0) is 20.7. The Morgan fingerprint density at radius 3 is 2.57 bits per heavy atom. The van der Waals surface area contributed by atoms with Gasteiger partial charge in [-0.25, -0.2) is 17.9 Å². The summed E-state index contributed by atoms with van der Waals surface area (Å²) in [7, 11) is -3.99. The number of rotatable bonds is 5. The maximum absolute atomic E-state index is 12.9. The first-order chi connectivity index (χ1) is 13.0. The highest BCUT2D eigenvalue weighted by atomic mass is 32.2. The summed E-state index contributed by atoms with van der Waals surface area (Å²) in [5, 5.41) is -0.194. The van der Waals surface area contributed by atoms with Crippen molar-refractivity contribution in [3.8, 4) is 0 Å². The van der Waals surface area contributed by atoms with Crippen LogP contribution in [0.15, 0.2) is 29.3 Å². The predicted molar refractivity (Wildman–Crippen MR) is 94.4 cm³/mol. The standard InChI is InChI=1S/C18H19F3N2O4S/c1-3-27-17(24)15-9-16(22-10(15)2)28(25,26)23-14-7-11-4-5-13(18(19,20)21)6-12(11)8-14/h4-6,9,14,22-23H,3,7-8H2,1-2H3. The van der Waals surface area contributed by atoms with E-state index in [0.29, 0.717) is 16.8 Å². The van der Waals surface area contributed by atoms with E-state index in [0.717, 1.165) is 12.1 Å². The number of esters is 1. The molecule has 0 saturated heterocycles. The minimum atomic E-state index is -4.45. The molecule has 1 aromatic heterocycles. The maximum atomic E-state index is 12.9. The molecule has 1 aliphatic rings. The minimum absolute atomic E-state index is 0.117. The second-order valence-corrected chi connectivity index (χ2v) is 8.28. The smallest absolute Gasteiger partial charge is 0.416 e. The number of aryl methyl sites for hydroxylation is 1. The van der Waals surface area contributed by atoms with Crippen molar-refractivity contribution in [3.63, 3.8) is 0 Å². The molecule has 10 heteroatoms. The molecule has 0 bridgehead atoms. The van der Waals surface area contributed by atoms with Gasteiger partial charge in [-0.2, -0.15) is 13.2 Å². The zero-order valence-corrected chi connectivity index (χ0v) is 16.0. The first-order valence-corrected chi connectivity index (χ1v) is 10.1. The second kappa shape index (κ2) is 7.25. The van der Waals surface area contributed by atoms with E-state index in [1.807, 2.05) is 0 Å². The van der Waals surface area contributed by atoms with Crippen LogP contribution < -0.4 is 4.72 Å². The van der Waals surface area contributed by atoms with Gasteiger partial charge in [-0.05, 0) is 56.0 Å². The van der Waals surface area contributed by atoms with Crippen LogP contribution in [0.5, 0.6) is 0 Å². The van der Waals surface area contributed by atoms with E-state index in [1.165, 1.54) is 12.1 Å². The first kappa shape index (κ1) is 20.4. The minimum Gasteiger partial charge on any atom is -0.462 e. The summed E-state index contributed by atoms with van der Waals surface area (Å²) in [5.74, 6) is -0.634. The third-order valence-electron chi connectivity index (χ3n) is 4.56. The molecule has 0 saturated carbocycles. The third-order valence-corrected chi connectivity index (χ3v) is 6.01. The Labute approximate surface area is 160 Å². The maximum Gasteiger partial charge on any atom is 0.416 e. The van der Waals surface area contributed by atoms with E-state index in [-0.39, 0.29) is 30.0 Å². The number of alkyl halides is 3. The van der Waals surface area contributed by atoms with Gasteiger partial charge in [-0.1, -0.05) is 6.07 Å². The van der Waals surface area contributed by atoms with Crippen molar-refractivity contribution in [3.05, 3.63) is 52.2 Å². The molecule has 2 aromatic rings. The number of hydrogen-bond donors (Lipinski definition) is 2. The highest BCUT2D eigenvalue weighted by molar-refractivity contribution is 7.89. The van der Waals surface area contributed by atoms with Crippen molar-refractivity contribution in [2.75, 3.05) is 6.61 Å². The van der Waals surface area contributed by atoms with E-state index in [2.05, 4.69) is 9.71 Å². The van der Waals surface area contributed by atoms with Crippen LogP contribution >= 0.6 is 0 Å². The Morgan fingerprint density at radius 2 is 1.93 bits per heavy atom. The van der Waals surface area contributed by atoms with E-state index in [1.54, 1.807) is 13.8 Å². The number of carbonyl (C=O) groups excluding carboxylic acids is 1. The van der Waals surface area contributed by atoms with Crippen LogP contribution in [0.3, 0.4) is 0 Å². The highest BCUT2D eigenvalue weighted by Gasteiger charge is 2.34. The quantitative estimate of drug-likeness (QED) is 0.734.